The topological polar surface area (TPSA) is 42.2 Å². The van der Waals surface area contributed by atoms with Gasteiger partial charge in [-0.3, -0.25) is 4.79 Å². The maximum atomic E-state index is 12.7. The fourth-order valence-electron chi connectivity index (χ4n) is 1.55. The predicted molar refractivity (Wildman–Crippen MR) is 72.1 cm³/mol. The van der Waals surface area contributed by atoms with Crippen LogP contribution in [0.15, 0.2) is 46.9 Å². The van der Waals surface area contributed by atoms with Crippen LogP contribution in [-0.2, 0) is 11.2 Å². The summed E-state index contributed by atoms with van der Waals surface area (Å²) in [6, 6.07) is 9.27. The van der Waals surface area contributed by atoms with Gasteiger partial charge in [-0.1, -0.05) is 6.92 Å². The summed E-state index contributed by atoms with van der Waals surface area (Å²) in [5, 5.41) is 2.63. The highest BCUT2D eigenvalue weighted by Gasteiger charge is 2.00. The Kier molecular flexibility index (Phi) is 4.13. The van der Waals surface area contributed by atoms with E-state index in [-0.39, 0.29) is 11.7 Å². The number of nitrogens with one attached hydrogen (secondary N) is 1. The van der Waals surface area contributed by atoms with Gasteiger partial charge in [0.2, 0.25) is 5.91 Å². The summed E-state index contributed by atoms with van der Waals surface area (Å²) in [6.07, 6.45) is 3.79. The largest absolute Gasteiger partial charge is 0.462 e. The van der Waals surface area contributed by atoms with Gasteiger partial charge in [-0.2, -0.15) is 0 Å². The van der Waals surface area contributed by atoms with Crippen molar-refractivity contribution in [3.05, 3.63) is 59.8 Å². The van der Waals surface area contributed by atoms with Crippen LogP contribution in [0.5, 0.6) is 0 Å². The predicted octanol–water partition coefficient (Wildman–Crippen LogP) is 3.63. The number of amides is 1. The van der Waals surface area contributed by atoms with E-state index in [1.54, 1.807) is 12.1 Å². The van der Waals surface area contributed by atoms with Gasteiger partial charge in [0.25, 0.3) is 0 Å². The van der Waals surface area contributed by atoms with Crippen LogP contribution >= 0.6 is 0 Å². The van der Waals surface area contributed by atoms with Crippen molar-refractivity contribution in [2.24, 2.45) is 0 Å². The number of hydrogen-bond acceptors (Lipinski definition) is 2. The average molecular weight is 259 g/mol. The van der Waals surface area contributed by atoms with Crippen LogP contribution < -0.4 is 5.32 Å². The maximum absolute atomic E-state index is 12.7. The minimum Gasteiger partial charge on any atom is -0.462 e. The number of halogens is 1. The minimum absolute atomic E-state index is 0.291. The molecular weight excluding hydrogens is 245 g/mol. The highest BCUT2D eigenvalue weighted by atomic mass is 19.1. The highest BCUT2D eigenvalue weighted by Crippen LogP contribution is 2.11. The lowest BCUT2D eigenvalue weighted by Gasteiger charge is -2.00. The van der Waals surface area contributed by atoms with Gasteiger partial charge < -0.3 is 9.73 Å². The first kappa shape index (κ1) is 13.1. The average Bonchev–Trinajstić information content (AvgIpc) is 2.87. The SMILES string of the molecule is CCc1ccc(/C=C/C(=O)Nc2ccc(F)cc2)o1. The lowest BCUT2D eigenvalue weighted by Crippen LogP contribution is -2.07. The first-order chi connectivity index (χ1) is 9.17. The molecule has 0 atom stereocenters. The van der Waals surface area contributed by atoms with E-state index in [1.165, 1.54) is 30.3 Å². The zero-order chi connectivity index (χ0) is 13.7. The smallest absolute Gasteiger partial charge is 0.248 e. The molecule has 1 amide bonds. The summed E-state index contributed by atoms with van der Waals surface area (Å²) in [7, 11) is 0. The van der Waals surface area contributed by atoms with E-state index in [1.807, 2.05) is 13.0 Å². The molecule has 19 heavy (non-hydrogen) atoms. The molecule has 98 valence electrons. The molecule has 0 fully saturated rings. The van der Waals surface area contributed by atoms with E-state index in [0.717, 1.165) is 12.2 Å². The third kappa shape index (κ3) is 3.81. The maximum Gasteiger partial charge on any atom is 0.248 e. The van der Waals surface area contributed by atoms with Crippen LogP contribution in [0, 0.1) is 5.82 Å². The number of aryl methyl sites for hydroxylation is 1. The first-order valence-corrected chi connectivity index (χ1v) is 6.00. The standard InChI is InChI=1S/C15H14FNO2/c1-2-13-7-8-14(19-13)9-10-15(18)17-12-5-3-11(16)4-6-12/h3-10H,2H2,1H3,(H,17,18)/b10-9+. The fraction of sp³-hybridized carbons (Fsp3) is 0.133. The third-order valence-electron chi connectivity index (χ3n) is 2.54. The molecule has 1 aromatic heterocycles. The van der Waals surface area contributed by atoms with Crippen molar-refractivity contribution in [3.8, 4) is 0 Å². The van der Waals surface area contributed by atoms with Gasteiger partial charge in [-0.15, -0.1) is 0 Å². The lowest BCUT2D eigenvalue weighted by molar-refractivity contribution is -0.111. The molecule has 4 heteroatoms. The summed E-state index contributed by atoms with van der Waals surface area (Å²) in [6.45, 7) is 1.99. The van der Waals surface area contributed by atoms with Crippen molar-refractivity contribution in [1.82, 2.24) is 0 Å². The number of rotatable bonds is 4. The molecular formula is C15H14FNO2. The second-order valence-corrected chi connectivity index (χ2v) is 3.99. The molecule has 0 aliphatic carbocycles. The Morgan fingerprint density at radius 3 is 2.63 bits per heavy atom. The number of anilines is 1. The van der Waals surface area contributed by atoms with Crippen molar-refractivity contribution < 1.29 is 13.6 Å². The van der Waals surface area contributed by atoms with E-state index in [0.29, 0.717) is 11.4 Å². The van der Waals surface area contributed by atoms with E-state index < -0.39 is 0 Å². The number of furan rings is 1. The summed E-state index contributed by atoms with van der Waals surface area (Å²) >= 11 is 0. The Balaban J connectivity index is 1.95. The molecule has 0 bridgehead atoms. The molecule has 1 aromatic carbocycles. The third-order valence-corrected chi connectivity index (χ3v) is 2.54. The quantitative estimate of drug-likeness (QED) is 0.852. The molecule has 0 spiro atoms. The summed E-state index contributed by atoms with van der Waals surface area (Å²) < 4.78 is 18.1. The lowest BCUT2D eigenvalue weighted by atomic mass is 10.3. The van der Waals surface area contributed by atoms with Gasteiger partial charge >= 0.3 is 0 Å². The summed E-state index contributed by atoms with van der Waals surface area (Å²) in [5.74, 6) is 0.877. The molecule has 3 nitrogen and oxygen atoms in total. The Labute approximate surface area is 110 Å². The van der Waals surface area contributed by atoms with E-state index in [2.05, 4.69) is 5.32 Å². The normalized spacial score (nSPS) is 10.8. The monoisotopic (exact) mass is 259 g/mol. The Bertz CT molecular complexity index is 584. The molecule has 0 saturated carbocycles. The van der Waals surface area contributed by atoms with Gasteiger partial charge in [0.05, 0.1) is 0 Å². The highest BCUT2D eigenvalue weighted by molar-refractivity contribution is 6.01. The first-order valence-electron chi connectivity index (χ1n) is 6.00. The zero-order valence-corrected chi connectivity index (χ0v) is 10.5. The van der Waals surface area contributed by atoms with Crippen LogP contribution in [-0.4, -0.2) is 5.91 Å². The molecule has 1 heterocycles. The van der Waals surface area contributed by atoms with E-state index in [4.69, 9.17) is 4.42 Å². The number of carbonyl (C=O) groups is 1. The van der Waals surface area contributed by atoms with E-state index in [9.17, 15) is 9.18 Å². The van der Waals surface area contributed by atoms with Crippen LogP contribution in [0.2, 0.25) is 0 Å². The van der Waals surface area contributed by atoms with Crippen LogP contribution in [0.25, 0.3) is 6.08 Å². The van der Waals surface area contributed by atoms with Crippen LogP contribution in [0.3, 0.4) is 0 Å². The van der Waals surface area contributed by atoms with Crippen molar-refractivity contribution in [2.75, 3.05) is 5.32 Å². The van der Waals surface area contributed by atoms with Gasteiger partial charge in [0.15, 0.2) is 0 Å². The van der Waals surface area contributed by atoms with Crippen molar-refractivity contribution in [2.45, 2.75) is 13.3 Å². The van der Waals surface area contributed by atoms with Crippen molar-refractivity contribution >= 4 is 17.7 Å². The molecule has 0 aliphatic rings. The summed E-state index contributed by atoms with van der Waals surface area (Å²) in [5.41, 5.74) is 0.546. The van der Waals surface area contributed by atoms with Crippen LogP contribution in [0.1, 0.15) is 18.4 Å². The van der Waals surface area contributed by atoms with E-state index >= 15 is 0 Å². The minimum atomic E-state index is -0.337. The van der Waals surface area contributed by atoms with Crippen molar-refractivity contribution in [1.29, 1.82) is 0 Å². The van der Waals surface area contributed by atoms with Crippen LogP contribution in [0.4, 0.5) is 10.1 Å². The van der Waals surface area contributed by atoms with Gasteiger partial charge in [-0.05, 0) is 42.5 Å². The molecule has 1 N–H and O–H groups in total. The Hall–Kier alpha value is -2.36. The fourth-order valence-corrected chi connectivity index (χ4v) is 1.55. The van der Waals surface area contributed by atoms with Gasteiger partial charge in [0, 0.05) is 18.2 Å². The second kappa shape index (κ2) is 6.00. The second-order valence-electron chi connectivity index (χ2n) is 3.99. The molecule has 2 rings (SSSR count). The van der Waals surface area contributed by atoms with Gasteiger partial charge in [0.1, 0.15) is 17.3 Å². The molecule has 0 radical (unpaired) electrons. The number of carbonyl (C=O) groups excluding carboxylic acids is 1. The molecule has 0 unspecified atom stereocenters. The Morgan fingerprint density at radius 1 is 1.26 bits per heavy atom. The molecule has 0 aliphatic heterocycles. The Morgan fingerprint density at radius 2 is 2.00 bits per heavy atom. The number of benzene rings is 1. The number of hydrogen-bond donors (Lipinski definition) is 1. The van der Waals surface area contributed by atoms with Crippen molar-refractivity contribution in [3.63, 3.8) is 0 Å². The van der Waals surface area contributed by atoms with Gasteiger partial charge in [-0.25, -0.2) is 4.39 Å². The summed E-state index contributed by atoms with van der Waals surface area (Å²) in [4.78, 5) is 11.6. The molecule has 2 aromatic rings. The zero-order valence-electron chi connectivity index (χ0n) is 10.5. The molecule has 0 saturated heterocycles.